The molecule has 2 saturated carbocycles. The van der Waals surface area contributed by atoms with Crippen molar-refractivity contribution in [1.82, 2.24) is 4.72 Å². The SMILES string of the molecule is COC(=O)C(Cc1cccc(C#N)c1)NS(=O)(=O)C[C@]12CC[C@H](CC1=O)C2(C)C. The van der Waals surface area contributed by atoms with Crippen LogP contribution in [0.15, 0.2) is 24.3 Å². The Labute approximate surface area is 171 Å². The fourth-order valence-electron chi connectivity index (χ4n) is 5.01. The first kappa shape index (κ1) is 21.5. The molecule has 1 N–H and O–H groups in total. The van der Waals surface area contributed by atoms with Gasteiger partial charge in [-0.25, -0.2) is 13.1 Å². The van der Waals surface area contributed by atoms with Crippen LogP contribution in [-0.4, -0.2) is 39.1 Å². The van der Waals surface area contributed by atoms with E-state index < -0.39 is 27.4 Å². The molecule has 0 saturated heterocycles. The van der Waals surface area contributed by atoms with Crippen molar-refractivity contribution >= 4 is 21.8 Å². The van der Waals surface area contributed by atoms with Crippen LogP contribution in [0.2, 0.25) is 0 Å². The lowest BCUT2D eigenvalue weighted by atomic mass is 9.70. The molecular formula is C21H26N2O5S. The third-order valence-electron chi connectivity index (χ3n) is 6.88. The van der Waals surface area contributed by atoms with Crippen molar-refractivity contribution in [3.8, 4) is 6.07 Å². The van der Waals surface area contributed by atoms with Gasteiger partial charge in [-0.15, -0.1) is 0 Å². The lowest BCUT2D eigenvalue weighted by Crippen LogP contribution is -2.50. The van der Waals surface area contributed by atoms with Crippen molar-refractivity contribution < 1.29 is 22.7 Å². The number of hydrogen-bond donors (Lipinski definition) is 1. The lowest BCUT2D eigenvalue weighted by molar-refractivity contribution is -0.142. The smallest absolute Gasteiger partial charge is 0.324 e. The topological polar surface area (TPSA) is 113 Å². The van der Waals surface area contributed by atoms with Crippen molar-refractivity contribution in [3.05, 3.63) is 35.4 Å². The van der Waals surface area contributed by atoms with Crippen LogP contribution in [-0.2, 0) is 30.8 Å². The van der Waals surface area contributed by atoms with E-state index in [-0.39, 0.29) is 29.3 Å². The van der Waals surface area contributed by atoms with Crippen LogP contribution in [0.4, 0.5) is 0 Å². The molecule has 3 rings (SSSR count). The molecule has 1 aromatic rings. The van der Waals surface area contributed by atoms with E-state index in [4.69, 9.17) is 10.00 Å². The number of nitrogens with zero attached hydrogens (tertiary/aromatic N) is 1. The fourth-order valence-corrected chi connectivity index (χ4v) is 7.03. The molecule has 0 heterocycles. The number of fused-ring (bicyclic) bond motifs is 2. The Morgan fingerprint density at radius 3 is 2.69 bits per heavy atom. The Morgan fingerprint density at radius 2 is 2.14 bits per heavy atom. The van der Waals surface area contributed by atoms with Gasteiger partial charge in [-0.2, -0.15) is 5.26 Å². The van der Waals surface area contributed by atoms with Gasteiger partial charge in [0.1, 0.15) is 11.8 Å². The second-order valence-corrected chi connectivity index (χ2v) is 10.4. The van der Waals surface area contributed by atoms with Gasteiger partial charge in [0.05, 0.1) is 24.5 Å². The molecule has 156 valence electrons. The van der Waals surface area contributed by atoms with Gasteiger partial charge in [0.25, 0.3) is 0 Å². The minimum absolute atomic E-state index is 0.000430. The standard InChI is InChI=1S/C21H26N2O5S/c1-20(2)16-7-8-21(20,18(24)11-16)13-29(26,27)23-17(19(25)28-3)10-14-5-4-6-15(9-14)12-22/h4-6,9,16-17,23H,7-8,10-11,13H2,1-3H3/t16-,17?,21-/m1/s1. The van der Waals surface area contributed by atoms with E-state index in [0.29, 0.717) is 24.0 Å². The molecule has 2 bridgehead atoms. The number of methoxy groups -OCH3 is 1. The molecular weight excluding hydrogens is 392 g/mol. The van der Waals surface area contributed by atoms with E-state index in [9.17, 15) is 18.0 Å². The van der Waals surface area contributed by atoms with Crippen LogP contribution in [0.3, 0.4) is 0 Å². The maximum Gasteiger partial charge on any atom is 0.324 e. The van der Waals surface area contributed by atoms with E-state index in [2.05, 4.69) is 4.72 Å². The summed E-state index contributed by atoms with van der Waals surface area (Å²) in [6, 6.07) is 7.51. The molecule has 29 heavy (non-hydrogen) atoms. The van der Waals surface area contributed by atoms with Crippen LogP contribution in [0.25, 0.3) is 0 Å². The summed E-state index contributed by atoms with van der Waals surface area (Å²) in [4.78, 5) is 24.9. The Hall–Kier alpha value is -2.24. The highest BCUT2D eigenvalue weighted by Crippen LogP contribution is 2.64. The molecule has 1 unspecified atom stereocenters. The number of nitrogens with one attached hydrogen (secondary N) is 1. The summed E-state index contributed by atoms with van der Waals surface area (Å²) in [5.41, 5.74) is -0.243. The second-order valence-electron chi connectivity index (χ2n) is 8.64. The maximum atomic E-state index is 13.0. The van der Waals surface area contributed by atoms with Gasteiger partial charge in [-0.3, -0.25) is 9.59 Å². The van der Waals surface area contributed by atoms with Gasteiger partial charge in [-0.05, 0) is 48.3 Å². The average molecular weight is 419 g/mol. The number of ether oxygens (including phenoxy) is 1. The lowest BCUT2D eigenvalue weighted by Gasteiger charge is -2.36. The van der Waals surface area contributed by atoms with E-state index >= 15 is 0 Å². The van der Waals surface area contributed by atoms with Gasteiger partial charge >= 0.3 is 5.97 Å². The third kappa shape index (κ3) is 3.81. The van der Waals surface area contributed by atoms with Crippen molar-refractivity contribution in [2.24, 2.45) is 16.7 Å². The fraction of sp³-hybridized carbons (Fsp3) is 0.571. The maximum absolute atomic E-state index is 13.0. The molecule has 0 aliphatic heterocycles. The summed E-state index contributed by atoms with van der Waals surface area (Å²) in [5.74, 6) is -0.834. The zero-order valence-corrected chi connectivity index (χ0v) is 17.7. The van der Waals surface area contributed by atoms with Gasteiger partial charge in [0.2, 0.25) is 10.0 Å². The molecule has 0 spiro atoms. The first-order valence-electron chi connectivity index (χ1n) is 9.65. The normalized spacial score (nSPS) is 26.1. The van der Waals surface area contributed by atoms with Gasteiger partial charge < -0.3 is 4.74 Å². The van der Waals surface area contributed by atoms with Gasteiger partial charge in [0.15, 0.2) is 0 Å². The monoisotopic (exact) mass is 418 g/mol. The van der Waals surface area contributed by atoms with Gasteiger partial charge in [-0.1, -0.05) is 26.0 Å². The summed E-state index contributed by atoms with van der Waals surface area (Å²) < 4.78 is 33.3. The molecule has 1 aromatic carbocycles. The van der Waals surface area contributed by atoms with Crippen LogP contribution >= 0.6 is 0 Å². The highest BCUT2D eigenvalue weighted by Gasteiger charge is 2.65. The molecule has 0 radical (unpaired) electrons. The van der Waals surface area contributed by atoms with E-state index in [1.165, 1.54) is 7.11 Å². The summed E-state index contributed by atoms with van der Waals surface area (Å²) in [7, 11) is -2.75. The van der Waals surface area contributed by atoms with Crippen LogP contribution < -0.4 is 4.72 Å². The van der Waals surface area contributed by atoms with E-state index in [1.54, 1.807) is 24.3 Å². The zero-order chi connectivity index (χ0) is 21.4. The highest BCUT2D eigenvalue weighted by atomic mass is 32.2. The number of carbonyl (C=O) groups is 2. The molecule has 8 heteroatoms. The van der Waals surface area contributed by atoms with E-state index in [0.717, 1.165) is 6.42 Å². The van der Waals surface area contributed by atoms with Crippen molar-refractivity contribution in [2.45, 2.75) is 45.6 Å². The first-order valence-corrected chi connectivity index (χ1v) is 11.3. The predicted molar refractivity (Wildman–Crippen MR) is 106 cm³/mol. The number of sulfonamides is 1. The average Bonchev–Trinajstić information content (AvgIpc) is 3.00. The molecule has 7 nitrogen and oxygen atoms in total. The second kappa shape index (κ2) is 7.54. The Bertz CT molecular complexity index is 979. The Morgan fingerprint density at radius 1 is 1.41 bits per heavy atom. The predicted octanol–water partition coefficient (Wildman–Crippen LogP) is 1.96. The van der Waals surface area contributed by atoms with Crippen molar-refractivity contribution in [2.75, 3.05) is 12.9 Å². The Kier molecular flexibility index (Phi) is 5.58. The molecule has 2 aliphatic carbocycles. The van der Waals surface area contributed by atoms with Gasteiger partial charge in [0, 0.05) is 11.8 Å². The molecule has 2 fully saturated rings. The number of nitriles is 1. The summed E-state index contributed by atoms with van der Waals surface area (Å²) >= 11 is 0. The Balaban J connectivity index is 1.82. The number of carbonyl (C=O) groups excluding carboxylic acids is 2. The molecule has 3 atom stereocenters. The van der Waals surface area contributed by atoms with Crippen LogP contribution in [0.5, 0.6) is 0 Å². The number of rotatable bonds is 7. The van der Waals surface area contributed by atoms with E-state index in [1.807, 2.05) is 19.9 Å². The molecule has 2 aliphatic rings. The number of Topliss-reactive ketones (excluding diaryl/α,β-unsaturated/α-hetero) is 1. The highest BCUT2D eigenvalue weighted by molar-refractivity contribution is 7.89. The van der Waals surface area contributed by atoms with Crippen molar-refractivity contribution in [3.63, 3.8) is 0 Å². The number of hydrogen-bond acceptors (Lipinski definition) is 6. The minimum atomic E-state index is -3.94. The van der Waals surface area contributed by atoms with Crippen molar-refractivity contribution in [1.29, 1.82) is 5.26 Å². The largest absolute Gasteiger partial charge is 0.468 e. The molecule has 0 amide bonds. The minimum Gasteiger partial charge on any atom is -0.468 e. The number of benzene rings is 1. The number of ketones is 1. The molecule has 0 aromatic heterocycles. The summed E-state index contributed by atoms with van der Waals surface area (Å²) in [6.45, 7) is 3.94. The van der Waals surface area contributed by atoms with Crippen LogP contribution in [0, 0.1) is 28.1 Å². The third-order valence-corrected chi connectivity index (χ3v) is 8.40. The number of esters is 1. The first-order chi connectivity index (χ1) is 13.5. The van der Waals surface area contributed by atoms with Crippen LogP contribution in [0.1, 0.15) is 44.2 Å². The zero-order valence-electron chi connectivity index (χ0n) is 16.9. The summed E-state index contributed by atoms with van der Waals surface area (Å²) in [6.07, 6.45) is 1.87. The quantitative estimate of drug-likeness (QED) is 0.677. The summed E-state index contributed by atoms with van der Waals surface area (Å²) in [5, 5.41) is 9.05.